The number of carbonyl (C=O) groups is 2. The number of rotatable bonds is 7. The van der Waals surface area contributed by atoms with E-state index in [1.807, 2.05) is 0 Å². The summed E-state index contributed by atoms with van der Waals surface area (Å²) >= 11 is 0. The number of halogens is 3. The van der Waals surface area contributed by atoms with Gasteiger partial charge in [-0.2, -0.15) is 5.10 Å². The second kappa shape index (κ2) is 8.88. The van der Waals surface area contributed by atoms with Crippen LogP contribution in [0.2, 0.25) is 0 Å². The van der Waals surface area contributed by atoms with E-state index >= 15 is 0 Å². The maximum Gasteiger partial charge on any atom is 0.347 e. The molecule has 0 spiro atoms. The molecule has 0 atom stereocenters. The number of ether oxygens (including phenoxy) is 2. The molecule has 2 rings (SSSR count). The van der Waals surface area contributed by atoms with Gasteiger partial charge in [0, 0.05) is 24.4 Å². The van der Waals surface area contributed by atoms with Crippen LogP contribution in [0.25, 0.3) is 5.69 Å². The molecule has 7 nitrogen and oxygen atoms in total. The zero-order valence-corrected chi connectivity index (χ0v) is 14.5. The highest BCUT2D eigenvalue weighted by Gasteiger charge is 2.22. The van der Waals surface area contributed by atoms with Crippen molar-refractivity contribution < 1.29 is 32.2 Å². The van der Waals surface area contributed by atoms with Crippen LogP contribution in [-0.4, -0.2) is 34.9 Å². The van der Waals surface area contributed by atoms with Crippen LogP contribution < -0.4 is 5.32 Å². The fraction of sp³-hybridized carbons (Fsp3) is 0.235. The third kappa shape index (κ3) is 4.66. The van der Waals surface area contributed by atoms with E-state index in [0.717, 1.165) is 16.9 Å². The minimum absolute atomic E-state index is 0.0291. The van der Waals surface area contributed by atoms with Crippen molar-refractivity contribution in [2.24, 2.45) is 0 Å². The molecule has 1 heterocycles. The van der Waals surface area contributed by atoms with Gasteiger partial charge in [0.15, 0.2) is 17.2 Å². The lowest BCUT2D eigenvalue weighted by Gasteiger charge is -2.10. The average molecular weight is 383 g/mol. The molecule has 0 radical (unpaired) electrons. The molecule has 0 unspecified atom stereocenters. The summed E-state index contributed by atoms with van der Waals surface area (Å²) in [6.07, 6.45) is 2.21. The van der Waals surface area contributed by atoms with E-state index in [4.69, 9.17) is 9.47 Å². The molecule has 1 N–H and O–H groups in total. The Hall–Kier alpha value is -3.30. The minimum Gasteiger partial charge on any atom is -0.462 e. The maximum absolute atomic E-state index is 14.0. The van der Waals surface area contributed by atoms with Gasteiger partial charge < -0.3 is 14.8 Å². The van der Waals surface area contributed by atoms with E-state index in [-0.39, 0.29) is 19.0 Å². The van der Waals surface area contributed by atoms with Crippen molar-refractivity contribution in [3.63, 3.8) is 0 Å². The summed E-state index contributed by atoms with van der Waals surface area (Å²) in [4.78, 5) is 23.8. The number of benzene rings is 1. The van der Waals surface area contributed by atoms with Crippen LogP contribution in [0.1, 0.15) is 13.8 Å². The summed E-state index contributed by atoms with van der Waals surface area (Å²) in [5.41, 5.74) is -0.945. The minimum atomic E-state index is -1.39. The summed E-state index contributed by atoms with van der Waals surface area (Å²) in [5, 5.41) is 6.35. The number of esters is 2. The molecular weight excluding hydrogens is 367 g/mol. The van der Waals surface area contributed by atoms with Gasteiger partial charge in [0.05, 0.1) is 19.4 Å². The van der Waals surface area contributed by atoms with Crippen molar-refractivity contribution in [1.29, 1.82) is 0 Å². The highest BCUT2D eigenvalue weighted by Crippen LogP contribution is 2.22. The summed E-state index contributed by atoms with van der Waals surface area (Å²) in [7, 11) is 0. The predicted octanol–water partition coefficient (Wildman–Crippen LogP) is 2.71. The third-order valence-corrected chi connectivity index (χ3v) is 3.20. The number of anilines is 1. The Bertz CT molecular complexity index is 860. The number of hydrogen-bond donors (Lipinski definition) is 1. The van der Waals surface area contributed by atoms with Crippen LogP contribution in [0.3, 0.4) is 0 Å². The molecule has 0 aliphatic carbocycles. The molecular formula is C17H16F3N3O4. The first-order chi connectivity index (χ1) is 12.9. The van der Waals surface area contributed by atoms with Crippen LogP contribution >= 0.6 is 0 Å². The van der Waals surface area contributed by atoms with Crippen molar-refractivity contribution in [3.8, 4) is 5.69 Å². The van der Waals surface area contributed by atoms with Crippen LogP contribution in [0.15, 0.2) is 36.2 Å². The molecule has 0 bridgehead atoms. The Morgan fingerprint density at radius 1 is 1.15 bits per heavy atom. The standard InChI is InChI=1S/C17H16F3N3O4/c1-3-26-16(24)11(17(25)27-4-2)9-21-14-5-6-22-23(14)13-8-10(18)7-12(19)15(13)20/h5-9,21H,3-4H2,1-2H3. The Morgan fingerprint density at radius 3 is 2.37 bits per heavy atom. The smallest absolute Gasteiger partial charge is 0.347 e. The van der Waals surface area contributed by atoms with Gasteiger partial charge in [-0.25, -0.2) is 27.4 Å². The second-order valence-electron chi connectivity index (χ2n) is 4.99. The van der Waals surface area contributed by atoms with Gasteiger partial charge in [-0.15, -0.1) is 0 Å². The van der Waals surface area contributed by atoms with Gasteiger partial charge in [-0.3, -0.25) is 0 Å². The number of nitrogens with zero attached hydrogens (tertiary/aromatic N) is 2. The van der Waals surface area contributed by atoms with Crippen molar-refractivity contribution in [1.82, 2.24) is 9.78 Å². The Balaban J connectivity index is 2.38. The average Bonchev–Trinajstić information content (AvgIpc) is 3.07. The van der Waals surface area contributed by atoms with Gasteiger partial charge in [-0.05, 0) is 13.8 Å². The molecule has 0 aliphatic heterocycles. The van der Waals surface area contributed by atoms with Crippen LogP contribution in [-0.2, 0) is 19.1 Å². The molecule has 144 valence electrons. The van der Waals surface area contributed by atoms with E-state index in [9.17, 15) is 22.8 Å². The lowest BCUT2D eigenvalue weighted by molar-refractivity contribution is -0.146. The normalized spacial score (nSPS) is 10.3. The number of hydrogen-bond acceptors (Lipinski definition) is 6. The highest BCUT2D eigenvalue weighted by molar-refractivity contribution is 6.14. The van der Waals surface area contributed by atoms with Crippen LogP contribution in [0.4, 0.5) is 19.0 Å². The molecule has 1 aromatic heterocycles. The predicted molar refractivity (Wildman–Crippen MR) is 88.4 cm³/mol. The molecule has 0 fully saturated rings. The van der Waals surface area contributed by atoms with Gasteiger partial charge in [0.2, 0.25) is 0 Å². The summed E-state index contributed by atoms with van der Waals surface area (Å²) in [6.45, 7) is 3.18. The SMILES string of the molecule is CCOC(=O)C(=CNc1ccnn1-c1cc(F)cc(F)c1F)C(=O)OCC. The largest absolute Gasteiger partial charge is 0.462 e. The lowest BCUT2D eigenvalue weighted by Crippen LogP contribution is -2.20. The van der Waals surface area contributed by atoms with Crippen molar-refractivity contribution in [2.45, 2.75) is 13.8 Å². The Labute approximate surface area is 152 Å². The second-order valence-corrected chi connectivity index (χ2v) is 4.99. The first-order valence-corrected chi connectivity index (χ1v) is 7.88. The molecule has 2 aromatic rings. The maximum atomic E-state index is 14.0. The zero-order chi connectivity index (χ0) is 20.0. The number of aromatic nitrogens is 2. The first-order valence-electron chi connectivity index (χ1n) is 7.88. The van der Waals surface area contributed by atoms with Crippen LogP contribution in [0, 0.1) is 17.5 Å². The van der Waals surface area contributed by atoms with Gasteiger partial charge >= 0.3 is 11.9 Å². The molecule has 0 saturated carbocycles. The third-order valence-electron chi connectivity index (χ3n) is 3.20. The van der Waals surface area contributed by atoms with Crippen molar-refractivity contribution in [3.05, 3.63) is 53.6 Å². The summed E-state index contributed by atoms with van der Waals surface area (Å²) in [5.74, 6) is -5.54. The fourth-order valence-corrected chi connectivity index (χ4v) is 2.07. The van der Waals surface area contributed by atoms with Gasteiger partial charge in [0.1, 0.15) is 17.3 Å². The fourth-order valence-electron chi connectivity index (χ4n) is 2.07. The number of carbonyl (C=O) groups excluding carboxylic acids is 2. The van der Waals surface area contributed by atoms with E-state index in [2.05, 4.69) is 10.4 Å². The van der Waals surface area contributed by atoms with E-state index in [1.165, 1.54) is 12.3 Å². The van der Waals surface area contributed by atoms with Gasteiger partial charge in [-0.1, -0.05) is 0 Å². The monoisotopic (exact) mass is 383 g/mol. The molecule has 0 amide bonds. The van der Waals surface area contributed by atoms with Crippen molar-refractivity contribution >= 4 is 17.8 Å². The van der Waals surface area contributed by atoms with Crippen molar-refractivity contribution in [2.75, 3.05) is 18.5 Å². The molecule has 0 aliphatic rings. The highest BCUT2D eigenvalue weighted by atomic mass is 19.2. The molecule has 0 saturated heterocycles. The van der Waals surface area contributed by atoms with Gasteiger partial charge in [0.25, 0.3) is 0 Å². The topological polar surface area (TPSA) is 82.5 Å². The summed E-state index contributed by atoms with van der Waals surface area (Å²) in [6, 6.07) is 2.49. The molecule has 27 heavy (non-hydrogen) atoms. The Morgan fingerprint density at radius 2 is 1.78 bits per heavy atom. The van der Waals surface area contributed by atoms with Crippen LogP contribution in [0.5, 0.6) is 0 Å². The molecule has 1 aromatic carbocycles. The lowest BCUT2D eigenvalue weighted by atomic mass is 10.3. The molecule has 10 heteroatoms. The van der Waals surface area contributed by atoms with E-state index in [0.29, 0.717) is 6.07 Å². The van der Waals surface area contributed by atoms with E-state index < -0.39 is 40.7 Å². The van der Waals surface area contributed by atoms with E-state index in [1.54, 1.807) is 13.8 Å². The quantitative estimate of drug-likeness (QED) is 0.260. The number of nitrogens with one attached hydrogen (secondary N) is 1. The first kappa shape index (κ1) is 20.0. The zero-order valence-electron chi connectivity index (χ0n) is 14.5. The summed E-state index contributed by atoms with van der Waals surface area (Å²) < 4.78 is 51.3. The Kier molecular flexibility index (Phi) is 6.58.